The SMILES string of the molecule is CC(NC(=O)C(C)N(C)CC(=O)Nc1ccc(Cl)c(C(F)(F)F)c1)c1ccccc1. The second kappa shape index (κ2) is 9.95. The number of hydrogen-bond donors (Lipinski definition) is 2. The first-order chi connectivity index (χ1) is 14.0. The van der Waals surface area contributed by atoms with Crippen LogP contribution in [-0.4, -0.2) is 36.3 Å². The van der Waals surface area contributed by atoms with Gasteiger partial charge in [-0.2, -0.15) is 13.2 Å². The molecule has 5 nitrogen and oxygen atoms in total. The van der Waals surface area contributed by atoms with Crippen LogP contribution in [0.4, 0.5) is 18.9 Å². The van der Waals surface area contributed by atoms with E-state index in [0.717, 1.165) is 17.7 Å². The van der Waals surface area contributed by atoms with Crippen LogP contribution in [0, 0.1) is 0 Å². The molecule has 2 N–H and O–H groups in total. The molecule has 2 amide bonds. The molecule has 0 heterocycles. The molecule has 2 aromatic carbocycles. The van der Waals surface area contributed by atoms with Crippen molar-refractivity contribution in [2.45, 2.75) is 32.1 Å². The largest absolute Gasteiger partial charge is 0.417 e. The van der Waals surface area contributed by atoms with Crippen molar-refractivity contribution in [3.8, 4) is 0 Å². The summed E-state index contributed by atoms with van der Waals surface area (Å²) in [7, 11) is 1.58. The third-order valence-electron chi connectivity index (χ3n) is 4.65. The quantitative estimate of drug-likeness (QED) is 0.665. The normalized spacial score (nSPS) is 13.6. The molecule has 0 saturated heterocycles. The second-order valence-corrected chi connectivity index (χ2v) is 7.38. The zero-order valence-electron chi connectivity index (χ0n) is 16.8. The van der Waals surface area contributed by atoms with Crippen molar-refractivity contribution in [3.63, 3.8) is 0 Å². The Labute approximate surface area is 178 Å². The van der Waals surface area contributed by atoms with Crippen LogP contribution in [-0.2, 0) is 15.8 Å². The second-order valence-electron chi connectivity index (χ2n) is 6.97. The molecule has 30 heavy (non-hydrogen) atoms. The number of halogens is 4. The molecule has 2 atom stereocenters. The lowest BCUT2D eigenvalue weighted by Gasteiger charge is -2.25. The van der Waals surface area contributed by atoms with Crippen LogP contribution in [0.2, 0.25) is 5.02 Å². The molecule has 2 rings (SSSR count). The van der Waals surface area contributed by atoms with Crippen molar-refractivity contribution in [1.82, 2.24) is 10.2 Å². The first-order valence-electron chi connectivity index (χ1n) is 9.21. The van der Waals surface area contributed by atoms with Crippen LogP contribution in [0.25, 0.3) is 0 Å². The predicted octanol–water partition coefficient (Wildman–Crippen LogP) is 4.50. The Morgan fingerprint density at radius 3 is 2.33 bits per heavy atom. The van der Waals surface area contributed by atoms with E-state index >= 15 is 0 Å². The van der Waals surface area contributed by atoms with Crippen LogP contribution in [0.15, 0.2) is 48.5 Å². The molecule has 162 valence electrons. The molecule has 0 bridgehead atoms. The summed E-state index contributed by atoms with van der Waals surface area (Å²) in [5, 5.41) is 4.83. The number of hydrogen-bond acceptors (Lipinski definition) is 3. The van der Waals surface area contributed by atoms with E-state index in [9.17, 15) is 22.8 Å². The third-order valence-corrected chi connectivity index (χ3v) is 4.98. The number of nitrogens with one attached hydrogen (secondary N) is 2. The average molecular weight is 442 g/mol. The highest BCUT2D eigenvalue weighted by molar-refractivity contribution is 6.31. The number of nitrogens with zero attached hydrogens (tertiary/aromatic N) is 1. The first-order valence-corrected chi connectivity index (χ1v) is 9.59. The topological polar surface area (TPSA) is 61.4 Å². The lowest BCUT2D eigenvalue weighted by molar-refractivity contribution is -0.137. The minimum atomic E-state index is -4.63. The summed E-state index contributed by atoms with van der Waals surface area (Å²) in [5.41, 5.74) is -0.112. The van der Waals surface area contributed by atoms with Crippen LogP contribution in [0.1, 0.15) is 31.0 Å². The highest BCUT2D eigenvalue weighted by atomic mass is 35.5. The van der Waals surface area contributed by atoms with Crippen molar-refractivity contribution in [1.29, 1.82) is 0 Å². The maximum Gasteiger partial charge on any atom is 0.417 e. The number of amides is 2. The van der Waals surface area contributed by atoms with E-state index < -0.39 is 28.7 Å². The Kier molecular flexibility index (Phi) is 7.86. The van der Waals surface area contributed by atoms with Gasteiger partial charge < -0.3 is 10.6 Å². The predicted molar refractivity (Wildman–Crippen MR) is 110 cm³/mol. The summed E-state index contributed by atoms with van der Waals surface area (Å²) in [6.07, 6.45) is -4.63. The molecule has 0 radical (unpaired) electrons. The maximum atomic E-state index is 12.9. The van der Waals surface area contributed by atoms with Gasteiger partial charge in [0.1, 0.15) is 0 Å². The number of anilines is 1. The van der Waals surface area contributed by atoms with E-state index in [0.29, 0.717) is 0 Å². The molecule has 2 aromatic rings. The van der Waals surface area contributed by atoms with Crippen molar-refractivity contribution in [3.05, 3.63) is 64.7 Å². The van der Waals surface area contributed by atoms with Crippen molar-refractivity contribution in [2.24, 2.45) is 0 Å². The molecular formula is C21H23ClF3N3O2. The van der Waals surface area contributed by atoms with E-state index in [1.807, 2.05) is 37.3 Å². The Morgan fingerprint density at radius 1 is 1.10 bits per heavy atom. The summed E-state index contributed by atoms with van der Waals surface area (Å²) >= 11 is 5.58. The minimum absolute atomic E-state index is 0.0278. The van der Waals surface area contributed by atoms with Crippen molar-refractivity contribution < 1.29 is 22.8 Å². The van der Waals surface area contributed by atoms with Gasteiger partial charge in [-0.3, -0.25) is 14.5 Å². The summed E-state index contributed by atoms with van der Waals surface area (Å²) in [5.74, 6) is -0.823. The van der Waals surface area contributed by atoms with Gasteiger partial charge in [0, 0.05) is 5.69 Å². The Bertz CT molecular complexity index is 891. The highest BCUT2D eigenvalue weighted by Gasteiger charge is 2.33. The fourth-order valence-electron chi connectivity index (χ4n) is 2.74. The fourth-order valence-corrected chi connectivity index (χ4v) is 2.97. The van der Waals surface area contributed by atoms with E-state index in [1.54, 1.807) is 14.0 Å². The smallest absolute Gasteiger partial charge is 0.348 e. The lowest BCUT2D eigenvalue weighted by atomic mass is 10.1. The van der Waals surface area contributed by atoms with Crippen LogP contribution in [0.3, 0.4) is 0 Å². The van der Waals surface area contributed by atoms with Gasteiger partial charge in [-0.15, -0.1) is 0 Å². The minimum Gasteiger partial charge on any atom is -0.348 e. The van der Waals surface area contributed by atoms with Gasteiger partial charge in [-0.1, -0.05) is 41.9 Å². The summed E-state index contributed by atoms with van der Waals surface area (Å²) in [6.45, 7) is 3.31. The third kappa shape index (κ3) is 6.47. The fraction of sp³-hybridized carbons (Fsp3) is 0.333. The lowest BCUT2D eigenvalue weighted by Crippen LogP contribution is -2.46. The molecule has 0 aliphatic carbocycles. The molecule has 0 saturated carbocycles. The number of carbonyl (C=O) groups is 2. The average Bonchev–Trinajstić information content (AvgIpc) is 2.68. The van der Waals surface area contributed by atoms with Gasteiger partial charge in [0.15, 0.2) is 0 Å². The standard InChI is InChI=1S/C21H23ClF3N3O2/c1-13(15-7-5-4-6-8-15)26-20(30)14(2)28(3)12-19(29)27-16-9-10-18(22)17(11-16)21(23,24)25/h4-11,13-14H,12H2,1-3H3,(H,26,30)(H,27,29). The van der Waals surface area contributed by atoms with Crippen LogP contribution >= 0.6 is 11.6 Å². The zero-order chi connectivity index (χ0) is 22.5. The van der Waals surface area contributed by atoms with Crippen LogP contribution < -0.4 is 10.6 Å². The molecule has 0 aliphatic rings. The van der Waals surface area contributed by atoms with E-state index in [-0.39, 0.29) is 24.2 Å². The zero-order valence-corrected chi connectivity index (χ0v) is 17.5. The van der Waals surface area contributed by atoms with Gasteiger partial charge >= 0.3 is 6.18 Å². The molecule has 0 aromatic heterocycles. The van der Waals surface area contributed by atoms with Crippen molar-refractivity contribution in [2.75, 3.05) is 18.9 Å². The molecule has 2 unspecified atom stereocenters. The van der Waals surface area contributed by atoms with E-state index in [4.69, 9.17) is 11.6 Å². The number of alkyl halides is 3. The Hall–Kier alpha value is -2.58. The molecular weight excluding hydrogens is 419 g/mol. The van der Waals surface area contributed by atoms with Gasteiger partial charge in [-0.25, -0.2) is 0 Å². The Morgan fingerprint density at radius 2 is 1.73 bits per heavy atom. The Balaban J connectivity index is 1.94. The summed E-state index contributed by atoms with van der Waals surface area (Å²) < 4.78 is 38.8. The van der Waals surface area contributed by atoms with Gasteiger partial charge in [0.25, 0.3) is 0 Å². The highest BCUT2D eigenvalue weighted by Crippen LogP contribution is 2.36. The summed E-state index contributed by atoms with van der Waals surface area (Å²) in [4.78, 5) is 26.2. The molecule has 0 spiro atoms. The maximum absolute atomic E-state index is 12.9. The van der Waals surface area contributed by atoms with Gasteiger partial charge in [0.05, 0.1) is 29.2 Å². The van der Waals surface area contributed by atoms with E-state index in [2.05, 4.69) is 10.6 Å². The van der Waals surface area contributed by atoms with E-state index in [1.165, 1.54) is 11.0 Å². The van der Waals surface area contributed by atoms with Gasteiger partial charge in [0.2, 0.25) is 11.8 Å². The molecule has 0 fully saturated rings. The molecule has 9 heteroatoms. The number of carbonyl (C=O) groups excluding carboxylic acids is 2. The monoisotopic (exact) mass is 441 g/mol. The number of rotatable bonds is 7. The summed E-state index contributed by atoms with van der Waals surface area (Å²) in [6, 6.07) is 11.7. The number of benzene rings is 2. The van der Waals surface area contributed by atoms with Gasteiger partial charge in [-0.05, 0) is 44.7 Å². The molecule has 0 aliphatic heterocycles. The van der Waals surface area contributed by atoms with Crippen molar-refractivity contribution >= 4 is 29.1 Å². The number of likely N-dealkylation sites (N-methyl/N-ethyl adjacent to an activating group) is 1. The van der Waals surface area contributed by atoms with Crippen LogP contribution in [0.5, 0.6) is 0 Å². The first kappa shape index (κ1) is 23.7.